The molecule has 0 bridgehead atoms. The second-order valence-corrected chi connectivity index (χ2v) is 5.31. The summed E-state index contributed by atoms with van der Waals surface area (Å²) in [5.41, 5.74) is -0.104. The summed E-state index contributed by atoms with van der Waals surface area (Å²) in [6.45, 7) is 9.79. The summed E-state index contributed by atoms with van der Waals surface area (Å²) in [7, 11) is 0. The number of hydrogen-bond acceptors (Lipinski definition) is 3. The van der Waals surface area contributed by atoms with Gasteiger partial charge in [-0.2, -0.15) is 11.8 Å². The molecule has 0 saturated carbocycles. The standard InChI is InChI=1S/C11H25NOS/c1-5-10(3)7-14-9-11(4,8-13)12-6-2/h10,12-13H,5-9H2,1-4H3. The summed E-state index contributed by atoms with van der Waals surface area (Å²) in [4.78, 5) is 0. The Bertz CT molecular complexity index is 143. The largest absolute Gasteiger partial charge is 0.394 e. The number of likely N-dealkylation sites (N-methyl/N-ethyl adjacent to an activating group) is 1. The monoisotopic (exact) mass is 219 g/mol. The first-order valence-corrected chi connectivity index (χ1v) is 6.67. The summed E-state index contributed by atoms with van der Waals surface area (Å²) in [6, 6.07) is 0. The lowest BCUT2D eigenvalue weighted by molar-refractivity contribution is 0.194. The summed E-state index contributed by atoms with van der Waals surface area (Å²) >= 11 is 1.93. The molecule has 2 unspecified atom stereocenters. The third-order valence-electron chi connectivity index (χ3n) is 2.47. The Kier molecular flexibility index (Phi) is 7.69. The van der Waals surface area contributed by atoms with E-state index < -0.39 is 0 Å². The zero-order valence-corrected chi connectivity index (χ0v) is 10.8. The van der Waals surface area contributed by atoms with Crippen LogP contribution in [0.2, 0.25) is 0 Å². The van der Waals surface area contributed by atoms with Crippen molar-refractivity contribution in [2.24, 2.45) is 5.92 Å². The Hall–Kier alpha value is 0.270. The molecule has 0 amide bonds. The minimum atomic E-state index is -0.104. The molecule has 2 nitrogen and oxygen atoms in total. The molecule has 0 aliphatic carbocycles. The fraction of sp³-hybridized carbons (Fsp3) is 1.00. The number of rotatable bonds is 8. The molecule has 0 aliphatic heterocycles. The van der Waals surface area contributed by atoms with E-state index in [0.29, 0.717) is 0 Å². The molecular weight excluding hydrogens is 194 g/mol. The molecule has 0 aliphatic rings. The highest BCUT2D eigenvalue weighted by Crippen LogP contribution is 2.17. The summed E-state index contributed by atoms with van der Waals surface area (Å²) < 4.78 is 0. The first-order chi connectivity index (χ1) is 6.58. The highest BCUT2D eigenvalue weighted by molar-refractivity contribution is 7.99. The van der Waals surface area contributed by atoms with Gasteiger partial charge in [0.15, 0.2) is 0 Å². The average Bonchev–Trinajstić information content (AvgIpc) is 2.18. The number of thioether (sulfide) groups is 1. The zero-order chi connectivity index (χ0) is 11.0. The molecule has 0 spiro atoms. The maximum Gasteiger partial charge on any atom is 0.0618 e. The van der Waals surface area contributed by atoms with Crippen LogP contribution in [-0.2, 0) is 0 Å². The van der Waals surface area contributed by atoms with Gasteiger partial charge in [0.25, 0.3) is 0 Å². The molecule has 86 valence electrons. The van der Waals surface area contributed by atoms with E-state index in [1.807, 2.05) is 11.8 Å². The van der Waals surface area contributed by atoms with Crippen LogP contribution in [0, 0.1) is 5.92 Å². The zero-order valence-electron chi connectivity index (χ0n) is 9.97. The molecule has 2 atom stereocenters. The molecule has 0 saturated heterocycles. The molecule has 0 radical (unpaired) electrons. The molecule has 14 heavy (non-hydrogen) atoms. The van der Waals surface area contributed by atoms with Crippen molar-refractivity contribution in [1.29, 1.82) is 0 Å². The molecule has 0 aromatic heterocycles. The molecule has 0 fully saturated rings. The van der Waals surface area contributed by atoms with Crippen LogP contribution in [0.25, 0.3) is 0 Å². The Morgan fingerprint density at radius 1 is 1.43 bits per heavy atom. The van der Waals surface area contributed by atoms with E-state index >= 15 is 0 Å². The van der Waals surface area contributed by atoms with Crippen molar-refractivity contribution >= 4 is 11.8 Å². The summed E-state index contributed by atoms with van der Waals surface area (Å²) in [5, 5.41) is 12.6. The van der Waals surface area contributed by atoms with Gasteiger partial charge < -0.3 is 10.4 Å². The van der Waals surface area contributed by atoms with Crippen LogP contribution in [0.1, 0.15) is 34.1 Å². The van der Waals surface area contributed by atoms with Crippen LogP contribution in [0.3, 0.4) is 0 Å². The Morgan fingerprint density at radius 3 is 2.50 bits per heavy atom. The van der Waals surface area contributed by atoms with Crippen molar-refractivity contribution in [2.75, 3.05) is 24.7 Å². The predicted octanol–water partition coefficient (Wildman–Crippen LogP) is 2.13. The number of aliphatic hydroxyl groups is 1. The first-order valence-electron chi connectivity index (χ1n) is 5.51. The van der Waals surface area contributed by atoms with Gasteiger partial charge in [-0.05, 0) is 25.1 Å². The maximum atomic E-state index is 9.26. The lowest BCUT2D eigenvalue weighted by Crippen LogP contribution is -2.48. The van der Waals surface area contributed by atoms with E-state index in [1.54, 1.807) is 0 Å². The number of aliphatic hydroxyl groups excluding tert-OH is 1. The smallest absolute Gasteiger partial charge is 0.0618 e. The molecule has 0 heterocycles. The normalized spacial score (nSPS) is 17.8. The van der Waals surface area contributed by atoms with Gasteiger partial charge in [-0.25, -0.2) is 0 Å². The van der Waals surface area contributed by atoms with Gasteiger partial charge >= 0.3 is 0 Å². The van der Waals surface area contributed by atoms with Gasteiger partial charge in [0, 0.05) is 11.3 Å². The highest BCUT2D eigenvalue weighted by Gasteiger charge is 2.21. The van der Waals surface area contributed by atoms with Crippen LogP contribution >= 0.6 is 11.8 Å². The molecule has 0 aromatic carbocycles. The van der Waals surface area contributed by atoms with Crippen molar-refractivity contribution < 1.29 is 5.11 Å². The molecule has 2 N–H and O–H groups in total. The van der Waals surface area contributed by atoms with Crippen LogP contribution in [0.4, 0.5) is 0 Å². The van der Waals surface area contributed by atoms with Gasteiger partial charge in [0.1, 0.15) is 0 Å². The molecular formula is C11H25NOS. The molecule has 0 rings (SSSR count). The van der Waals surface area contributed by atoms with E-state index in [4.69, 9.17) is 0 Å². The third-order valence-corrected chi connectivity index (χ3v) is 4.12. The minimum Gasteiger partial charge on any atom is -0.394 e. The van der Waals surface area contributed by atoms with E-state index in [-0.39, 0.29) is 12.1 Å². The fourth-order valence-corrected chi connectivity index (χ4v) is 2.58. The van der Waals surface area contributed by atoms with Crippen LogP contribution in [-0.4, -0.2) is 35.3 Å². The number of nitrogens with one attached hydrogen (secondary N) is 1. The SMILES string of the molecule is CCNC(C)(CO)CSCC(C)CC. The summed E-state index contributed by atoms with van der Waals surface area (Å²) in [6.07, 6.45) is 1.24. The van der Waals surface area contributed by atoms with Crippen LogP contribution < -0.4 is 5.32 Å². The van der Waals surface area contributed by atoms with Gasteiger partial charge in [0.2, 0.25) is 0 Å². The quantitative estimate of drug-likeness (QED) is 0.656. The minimum absolute atomic E-state index is 0.104. The lowest BCUT2D eigenvalue weighted by Gasteiger charge is -2.28. The predicted molar refractivity (Wildman–Crippen MR) is 65.9 cm³/mol. The van der Waals surface area contributed by atoms with Crippen molar-refractivity contribution in [3.63, 3.8) is 0 Å². The fourth-order valence-electron chi connectivity index (χ4n) is 1.18. The van der Waals surface area contributed by atoms with Crippen molar-refractivity contribution in [3.05, 3.63) is 0 Å². The second kappa shape index (κ2) is 7.55. The Morgan fingerprint density at radius 2 is 2.07 bits per heavy atom. The van der Waals surface area contributed by atoms with E-state index in [1.165, 1.54) is 12.2 Å². The van der Waals surface area contributed by atoms with Gasteiger partial charge in [-0.3, -0.25) is 0 Å². The Balaban J connectivity index is 3.72. The van der Waals surface area contributed by atoms with Crippen molar-refractivity contribution in [3.8, 4) is 0 Å². The van der Waals surface area contributed by atoms with E-state index in [9.17, 15) is 5.11 Å². The topological polar surface area (TPSA) is 32.3 Å². The van der Waals surface area contributed by atoms with Crippen LogP contribution in [0.5, 0.6) is 0 Å². The van der Waals surface area contributed by atoms with Gasteiger partial charge in [-0.15, -0.1) is 0 Å². The number of hydrogen-bond donors (Lipinski definition) is 2. The Labute approximate surface area is 92.9 Å². The summed E-state index contributed by atoms with van der Waals surface area (Å²) in [5.74, 6) is 2.96. The maximum absolute atomic E-state index is 9.26. The van der Waals surface area contributed by atoms with Gasteiger partial charge in [0.05, 0.1) is 6.61 Å². The van der Waals surface area contributed by atoms with Gasteiger partial charge in [-0.1, -0.05) is 27.2 Å². The van der Waals surface area contributed by atoms with E-state index in [2.05, 4.69) is 33.0 Å². The highest BCUT2D eigenvalue weighted by atomic mass is 32.2. The van der Waals surface area contributed by atoms with Crippen molar-refractivity contribution in [2.45, 2.75) is 39.7 Å². The lowest BCUT2D eigenvalue weighted by atomic mass is 10.1. The molecule has 3 heteroatoms. The van der Waals surface area contributed by atoms with E-state index in [0.717, 1.165) is 18.2 Å². The second-order valence-electron chi connectivity index (χ2n) is 4.28. The first kappa shape index (κ1) is 14.3. The van der Waals surface area contributed by atoms with Crippen molar-refractivity contribution in [1.82, 2.24) is 5.32 Å². The third kappa shape index (κ3) is 5.89. The molecule has 0 aromatic rings. The average molecular weight is 219 g/mol. The van der Waals surface area contributed by atoms with Crippen LogP contribution in [0.15, 0.2) is 0 Å².